The zero-order chi connectivity index (χ0) is 12.3. The van der Waals surface area contributed by atoms with E-state index in [9.17, 15) is 8.78 Å². The molecule has 0 amide bonds. The molecule has 0 bridgehead atoms. The molecule has 0 fully saturated rings. The second kappa shape index (κ2) is 5.25. The molecule has 1 aromatic rings. The monoisotopic (exact) mass is 229 g/mol. The minimum Gasteiger partial charge on any atom is -0.493 e. The van der Waals surface area contributed by atoms with E-state index in [0.717, 1.165) is 6.07 Å². The Kier molecular flexibility index (Phi) is 4.24. The molecule has 2 nitrogen and oxygen atoms in total. The highest BCUT2D eigenvalue weighted by molar-refractivity contribution is 5.41. The minimum absolute atomic E-state index is 0.0665. The highest BCUT2D eigenvalue weighted by Crippen LogP contribution is 2.32. The molecule has 1 rings (SSSR count). The second-order valence-corrected chi connectivity index (χ2v) is 3.88. The largest absolute Gasteiger partial charge is 0.493 e. The molecule has 0 saturated heterocycles. The molecule has 1 aromatic carbocycles. The molecule has 0 aliphatic heterocycles. The lowest BCUT2D eigenvalue weighted by Crippen LogP contribution is -2.11. The Morgan fingerprint density at radius 1 is 1.38 bits per heavy atom. The molecule has 0 radical (unpaired) electrons. The van der Waals surface area contributed by atoms with Crippen LogP contribution in [0, 0.1) is 5.82 Å². The maximum atomic E-state index is 13.6. The van der Waals surface area contributed by atoms with Crippen molar-refractivity contribution < 1.29 is 13.5 Å². The number of hydrogen-bond donors (Lipinski definition) is 1. The molecule has 4 heteroatoms. The van der Waals surface area contributed by atoms with Crippen molar-refractivity contribution in [2.75, 3.05) is 13.7 Å². The predicted octanol–water partition coefficient (Wildman–Crippen LogP) is 2.93. The number of alkyl halides is 1. The molecule has 0 aliphatic rings. The molecular formula is C12H17F2NO. The predicted molar refractivity (Wildman–Crippen MR) is 59.9 cm³/mol. The summed E-state index contributed by atoms with van der Waals surface area (Å²) in [4.78, 5) is 0. The van der Waals surface area contributed by atoms with Crippen LogP contribution in [0.15, 0.2) is 12.1 Å². The van der Waals surface area contributed by atoms with E-state index in [4.69, 9.17) is 10.5 Å². The molecule has 2 atom stereocenters. The first-order valence-electron chi connectivity index (χ1n) is 5.22. The molecule has 0 saturated carbocycles. The topological polar surface area (TPSA) is 35.2 Å². The Morgan fingerprint density at radius 2 is 2.00 bits per heavy atom. The fourth-order valence-electron chi connectivity index (χ4n) is 1.57. The lowest BCUT2D eigenvalue weighted by molar-refractivity contribution is 0.361. The third kappa shape index (κ3) is 2.50. The van der Waals surface area contributed by atoms with Crippen LogP contribution in [0.25, 0.3) is 0 Å². The van der Waals surface area contributed by atoms with Crippen molar-refractivity contribution in [1.29, 1.82) is 0 Å². The Bertz CT molecular complexity index is 366. The van der Waals surface area contributed by atoms with Gasteiger partial charge in [0.25, 0.3) is 0 Å². The summed E-state index contributed by atoms with van der Waals surface area (Å²) in [6, 6.07) is 2.78. The summed E-state index contributed by atoms with van der Waals surface area (Å²) in [7, 11) is 1.39. The van der Waals surface area contributed by atoms with Crippen molar-refractivity contribution >= 4 is 0 Å². The number of nitrogens with two attached hydrogens (primary N) is 1. The van der Waals surface area contributed by atoms with Gasteiger partial charge in [-0.2, -0.15) is 0 Å². The van der Waals surface area contributed by atoms with Gasteiger partial charge >= 0.3 is 0 Å². The van der Waals surface area contributed by atoms with Crippen LogP contribution in [-0.2, 0) is 0 Å². The van der Waals surface area contributed by atoms with Gasteiger partial charge in [0.1, 0.15) is 6.17 Å². The van der Waals surface area contributed by atoms with Gasteiger partial charge in [-0.25, -0.2) is 8.78 Å². The van der Waals surface area contributed by atoms with Gasteiger partial charge in [-0.1, -0.05) is 6.92 Å². The summed E-state index contributed by atoms with van der Waals surface area (Å²) in [5, 5.41) is 0. The van der Waals surface area contributed by atoms with Gasteiger partial charge in [0.2, 0.25) is 0 Å². The van der Waals surface area contributed by atoms with E-state index in [0.29, 0.717) is 17.7 Å². The highest BCUT2D eigenvalue weighted by Gasteiger charge is 2.18. The van der Waals surface area contributed by atoms with Crippen LogP contribution in [0.1, 0.15) is 37.1 Å². The van der Waals surface area contributed by atoms with Crippen molar-refractivity contribution in [3.63, 3.8) is 0 Å². The number of ether oxygens (including phenoxy) is 1. The number of rotatable bonds is 4. The van der Waals surface area contributed by atoms with Crippen LogP contribution in [0.2, 0.25) is 0 Å². The SMILES string of the molecule is COc1c(F)cc(C(C)F)cc1C(C)CN. The number of benzene rings is 1. The van der Waals surface area contributed by atoms with Crippen molar-refractivity contribution in [1.82, 2.24) is 0 Å². The van der Waals surface area contributed by atoms with E-state index >= 15 is 0 Å². The number of halogens is 2. The molecule has 0 aromatic heterocycles. The summed E-state index contributed by atoms with van der Waals surface area (Å²) in [5.74, 6) is -0.453. The Labute approximate surface area is 94.4 Å². The second-order valence-electron chi connectivity index (χ2n) is 3.88. The van der Waals surface area contributed by atoms with Gasteiger partial charge in [-0.15, -0.1) is 0 Å². The van der Waals surface area contributed by atoms with E-state index in [1.165, 1.54) is 14.0 Å². The molecule has 90 valence electrons. The van der Waals surface area contributed by atoms with Crippen molar-refractivity contribution in [3.8, 4) is 5.75 Å². The third-order valence-corrected chi connectivity index (χ3v) is 2.64. The number of hydrogen-bond acceptors (Lipinski definition) is 2. The summed E-state index contributed by atoms with van der Waals surface area (Å²) in [6.45, 7) is 3.59. The molecule has 2 unspecified atom stereocenters. The average Bonchev–Trinajstić information content (AvgIpc) is 2.26. The quantitative estimate of drug-likeness (QED) is 0.861. The van der Waals surface area contributed by atoms with Crippen LogP contribution in [0.4, 0.5) is 8.78 Å². The lowest BCUT2D eigenvalue weighted by atomic mass is 9.96. The molecular weight excluding hydrogens is 212 g/mol. The summed E-state index contributed by atoms with van der Waals surface area (Å²) in [6.07, 6.45) is -1.20. The van der Waals surface area contributed by atoms with E-state index in [1.54, 1.807) is 6.07 Å². The smallest absolute Gasteiger partial charge is 0.165 e. The van der Waals surface area contributed by atoms with Crippen LogP contribution in [0.3, 0.4) is 0 Å². The number of methoxy groups -OCH3 is 1. The van der Waals surface area contributed by atoms with Gasteiger partial charge < -0.3 is 10.5 Å². The molecule has 16 heavy (non-hydrogen) atoms. The van der Waals surface area contributed by atoms with E-state index < -0.39 is 12.0 Å². The van der Waals surface area contributed by atoms with Crippen LogP contribution >= 0.6 is 0 Å². The first-order chi connectivity index (χ1) is 7.51. The maximum absolute atomic E-state index is 13.6. The minimum atomic E-state index is -1.20. The summed E-state index contributed by atoms with van der Waals surface area (Å²) in [5.41, 5.74) is 6.46. The normalized spacial score (nSPS) is 14.6. The molecule has 2 N–H and O–H groups in total. The van der Waals surface area contributed by atoms with Crippen molar-refractivity contribution in [2.24, 2.45) is 5.73 Å². The van der Waals surface area contributed by atoms with Crippen molar-refractivity contribution in [2.45, 2.75) is 25.9 Å². The van der Waals surface area contributed by atoms with E-state index in [-0.39, 0.29) is 11.7 Å². The lowest BCUT2D eigenvalue weighted by Gasteiger charge is -2.16. The van der Waals surface area contributed by atoms with E-state index in [1.807, 2.05) is 6.92 Å². The Hall–Kier alpha value is -1.16. The first-order valence-corrected chi connectivity index (χ1v) is 5.22. The zero-order valence-corrected chi connectivity index (χ0v) is 9.76. The van der Waals surface area contributed by atoms with Gasteiger partial charge in [0.15, 0.2) is 11.6 Å². The molecule has 0 spiro atoms. The summed E-state index contributed by atoms with van der Waals surface area (Å²) >= 11 is 0. The molecule has 0 heterocycles. The Morgan fingerprint density at radius 3 is 2.44 bits per heavy atom. The highest BCUT2D eigenvalue weighted by atomic mass is 19.1. The molecule has 0 aliphatic carbocycles. The fraction of sp³-hybridized carbons (Fsp3) is 0.500. The zero-order valence-electron chi connectivity index (χ0n) is 9.76. The van der Waals surface area contributed by atoms with Gasteiger partial charge in [0, 0.05) is 5.56 Å². The Balaban J connectivity index is 3.30. The fourth-order valence-corrected chi connectivity index (χ4v) is 1.57. The standard InChI is InChI=1S/C12H17F2NO/c1-7(6-15)10-4-9(8(2)13)5-11(14)12(10)16-3/h4-5,7-8H,6,15H2,1-3H3. The van der Waals surface area contributed by atoms with Crippen LogP contribution in [0.5, 0.6) is 5.75 Å². The third-order valence-electron chi connectivity index (χ3n) is 2.64. The van der Waals surface area contributed by atoms with Gasteiger partial charge in [-0.05, 0) is 37.1 Å². The van der Waals surface area contributed by atoms with Gasteiger partial charge in [0.05, 0.1) is 7.11 Å². The van der Waals surface area contributed by atoms with Gasteiger partial charge in [-0.3, -0.25) is 0 Å². The van der Waals surface area contributed by atoms with Crippen molar-refractivity contribution in [3.05, 3.63) is 29.1 Å². The van der Waals surface area contributed by atoms with Crippen LogP contribution < -0.4 is 10.5 Å². The van der Waals surface area contributed by atoms with E-state index in [2.05, 4.69) is 0 Å². The average molecular weight is 229 g/mol. The first kappa shape index (κ1) is 12.9. The van der Waals surface area contributed by atoms with Crippen LogP contribution in [-0.4, -0.2) is 13.7 Å². The maximum Gasteiger partial charge on any atom is 0.165 e. The summed E-state index contributed by atoms with van der Waals surface area (Å²) < 4.78 is 31.8.